The third-order valence-corrected chi connectivity index (χ3v) is 4.19. The van der Waals surface area contributed by atoms with Crippen LogP contribution in [0, 0.1) is 0 Å². The highest BCUT2D eigenvalue weighted by Crippen LogP contribution is 2.23. The number of halogens is 2. The van der Waals surface area contributed by atoms with Gasteiger partial charge in [0.2, 0.25) is 0 Å². The molecule has 0 unspecified atom stereocenters. The van der Waals surface area contributed by atoms with Gasteiger partial charge in [0.1, 0.15) is 6.10 Å². The van der Waals surface area contributed by atoms with Crippen LogP contribution in [0.1, 0.15) is 28.4 Å². The Bertz CT molecular complexity index is 443. The highest BCUT2D eigenvalue weighted by atomic mass is 79.9. The Morgan fingerprint density at radius 2 is 1.06 bits per heavy atom. The van der Waals surface area contributed by atoms with Gasteiger partial charge in [0, 0.05) is 10.7 Å². The zero-order valence-electron chi connectivity index (χ0n) is 9.81. The minimum Gasteiger partial charge on any atom is -0.384 e. The number of hydrogen-bond acceptors (Lipinski definition) is 1. The quantitative estimate of drug-likeness (QED) is 0.783. The van der Waals surface area contributed by atoms with E-state index in [4.69, 9.17) is 0 Å². The van der Waals surface area contributed by atoms with Gasteiger partial charge >= 0.3 is 0 Å². The molecular formula is C15H14Br2O. The SMILES string of the molecule is OC(c1ccc(CBr)cc1)c1ccc(CBr)cc1. The van der Waals surface area contributed by atoms with Gasteiger partial charge in [0.25, 0.3) is 0 Å². The molecule has 2 rings (SSSR count). The third-order valence-electron chi connectivity index (χ3n) is 2.90. The molecule has 0 atom stereocenters. The lowest BCUT2D eigenvalue weighted by molar-refractivity contribution is 0.220. The Morgan fingerprint density at radius 3 is 1.33 bits per heavy atom. The van der Waals surface area contributed by atoms with Crippen LogP contribution in [0.3, 0.4) is 0 Å². The largest absolute Gasteiger partial charge is 0.384 e. The van der Waals surface area contributed by atoms with Gasteiger partial charge in [-0.3, -0.25) is 0 Å². The molecule has 0 amide bonds. The van der Waals surface area contributed by atoms with E-state index in [9.17, 15) is 5.11 Å². The van der Waals surface area contributed by atoms with Crippen molar-refractivity contribution in [1.29, 1.82) is 0 Å². The number of rotatable bonds is 4. The van der Waals surface area contributed by atoms with Gasteiger partial charge in [-0.2, -0.15) is 0 Å². The molecule has 2 aromatic carbocycles. The number of aliphatic hydroxyl groups excluding tert-OH is 1. The van der Waals surface area contributed by atoms with Gasteiger partial charge < -0.3 is 5.11 Å². The summed E-state index contributed by atoms with van der Waals surface area (Å²) in [6.45, 7) is 0. The first-order chi connectivity index (χ1) is 8.74. The first kappa shape index (κ1) is 13.8. The Kier molecular flexibility index (Phi) is 4.98. The highest BCUT2D eigenvalue weighted by Gasteiger charge is 2.09. The molecule has 0 fully saturated rings. The summed E-state index contributed by atoms with van der Waals surface area (Å²) in [6, 6.07) is 16.0. The van der Waals surface area contributed by atoms with Crippen molar-refractivity contribution in [3.05, 3.63) is 70.8 Å². The molecule has 0 saturated heterocycles. The minimum absolute atomic E-state index is 0.557. The van der Waals surface area contributed by atoms with E-state index < -0.39 is 6.10 Å². The van der Waals surface area contributed by atoms with Gasteiger partial charge in [-0.25, -0.2) is 0 Å². The first-order valence-corrected chi connectivity index (χ1v) is 7.96. The van der Waals surface area contributed by atoms with Crippen LogP contribution in [-0.4, -0.2) is 5.11 Å². The van der Waals surface area contributed by atoms with Crippen LogP contribution in [0.4, 0.5) is 0 Å². The molecule has 0 aromatic heterocycles. The minimum atomic E-state index is -0.557. The Hall–Kier alpha value is -0.640. The number of alkyl halides is 2. The molecule has 0 aliphatic heterocycles. The van der Waals surface area contributed by atoms with Gasteiger partial charge in [0.15, 0.2) is 0 Å². The zero-order valence-corrected chi connectivity index (χ0v) is 13.0. The van der Waals surface area contributed by atoms with Crippen molar-refractivity contribution in [2.75, 3.05) is 0 Å². The van der Waals surface area contributed by atoms with Crippen LogP contribution < -0.4 is 0 Å². The van der Waals surface area contributed by atoms with E-state index in [1.54, 1.807) is 0 Å². The first-order valence-electron chi connectivity index (χ1n) is 5.72. The van der Waals surface area contributed by atoms with Crippen LogP contribution in [-0.2, 0) is 10.7 Å². The fourth-order valence-corrected chi connectivity index (χ4v) is 2.52. The molecule has 1 nitrogen and oxygen atoms in total. The standard InChI is InChI=1S/C15H14Br2O/c16-9-11-1-5-13(6-2-11)15(18)14-7-3-12(10-17)4-8-14/h1-8,15,18H,9-10H2. The zero-order chi connectivity index (χ0) is 13.0. The summed E-state index contributed by atoms with van der Waals surface area (Å²) in [5.41, 5.74) is 4.26. The molecule has 3 heteroatoms. The van der Waals surface area contributed by atoms with Crippen LogP contribution in [0.15, 0.2) is 48.5 Å². The molecule has 18 heavy (non-hydrogen) atoms. The molecule has 1 N–H and O–H groups in total. The summed E-state index contributed by atoms with van der Waals surface area (Å²) < 4.78 is 0. The van der Waals surface area contributed by atoms with E-state index >= 15 is 0 Å². The van der Waals surface area contributed by atoms with E-state index in [1.165, 1.54) is 11.1 Å². The highest BCUT2D eigenvalue weighted by molar-refractivity contribution is 9.08. The van der Waals surface area contributed by atoms with E-state index in [0.29, 0.717) is 0 Å². The predicted molar refractivity (Wildman–Crippen MR) is 82.2 cm³/mol. The van der Waals surface area contributed by atoms with E-state index in [2.05, 4.69) is 31.9 Å². The summed E-state index contributed by atoms with van der Waals surface area (Å²) in [5, 5.41) is 12.0. The topological polar surface area (TPSA) is 20.2 Å². The third kappa shape index (κ3) is 3.22. The van der Waals surface area contributed by atoms with Crippen LogP contribution >= 0.6 is 31.9 Å². The van der Waals surface area contributed by atoms with Crippen molar-refractivity contribution in [2.24, 2.45) is 0 Å². The van der Waals surface area contributed by atoms with Crippen LogP contribution in [0.5, 0.6) is 0 Å². The monoisotopic (exact) mass is 368 g/mol. The molecular weight excluding hydrogens is 356 g/mol. The van der Waals surface area contributed by atoms with Crippen molar-refractivity contribution >= 4 is 31.9 Å². The van der Waals surface area contributed by atoms with Gasteiger partial charge in [0.05, 0.1) is 0 Å². The lowest BCUT2D eigenvalue weighted by Gasteiger charge is -2.12. The second kappa shape index (κ2) is 6.50. The van der Waals surface area contributed by atoms with Crippen molar-refractivity contribution in [3.8, 4) is 0 Å². The van der Waals surface area contributed by atoms with Crippen molar-refractivity contribution in [2.45, 2.75) is 16.8 Å². The second-order valence-corrected chi connectivity index (χ2v) is 5.27. The molecule has 2 aromatic rings. The maximum atomic E-state index is 10.3. The lowest BCUT2D eigenvalue weighted by Crippen LogP contribution is -1.99. The maximum absolute atomic E-state index is 10.3. The Balaban J connectivity index is 2.20. The van der Waals surface area contributed by atoms with E-state index in [0.717, 1.165) is 21.8 Å². The fourth-order valence-electron chi connectivity index (χ4n) is 1.77. The summed E-state index contributed by atoms with van der Waals surface area (Å²) in [4.78, 5) is 0. The van der Waals surface area contributed by atoms with Gasteiger partial charge in [-0.15, -0.1) is 0 Å². The molecule has 94 valence electrons. The lowest BCUT2D eigenvalue weighted by atomic mass is 10.00. The normalized spacial score (nSPS) is 10.9. The van der Waals surface area contributed by atoms with E-state index in [1.807, 2.05) is 48.5 Å². The van der Waals surface area contributed by atoms with Crippen molar-refractivity contribution in [3.63, 3.8) is 0 Å². The van der Waals surface area contributed by atoms with Gasteiger partial charge in [-0.1, -0.05) is 80.4 Å². The average Bonchev–Trinajstić information content (AvgIpc) is 2.47. The summed E-state index contributed by atoms with van der Waals surface area (Å²) in [7, 11) is 0. The van der Waals surface area contributed by atoms with Crippen LogP contribution in [0.2, 0.25) is 0 Å². The summed E-state index contributed by atoms with van der Waals surface area (Å²) in [5.74, 6) is 0. The number of benzene rings is 2. The van der Waals surface area contributed by atoms with Gasteiger partial charge in [-0.05, 0) is 22.3 Å². The molecule has 0 saturated carbocycles. The Labute approximate surface area is 124 Å². The van der Waals surface area contributed by atoms with Crippen LogP contribution in [0.25, 0.3) is 0 Å². The smallest absolute Gasteiger partial charge is 0.104 e. The van der Waals surface area contributed by atoms with Crippen molar-refractivity contribution in [1.82, 2.24) is 0 Å². The molecule has 0 spiro atoms. The average molecular weight is 370 g/mol. The second-order valence-electron chi connectivity index (χ2n) is 4.15. The number of aliphatic hydroxyl groups is 1. The molecule has 0 aliphatic rings. The fraction of sp³-hybridized carbons (Fsp3) is 0.200. The predicted octanol–water partition coefficient (Wildman–Crippen LogP) is 4.56. The number of hydrogen-bond donors (Lipinski definition) is 1. The molecule has 0 aliphatic carbocycles. The molecule has 0 radical (unpaired) electrons. The maximum Gasteiger partial charge on any atom is 0.104 e. The van der Waals surface area contributed by atoms with E-state index in [-0.39, 0.29) is 0 Å². The molecule has 0 heterocycles. The summed E-state index contributed by atoms with van der Waals surface area (Å²) >= 11 is 6.83. The molecule has 0 bridgehead atoms. The summed E-state index contributed by atoms with van der Waals surface area (Å²) in [6.07, 6.45) is -0.557. The Morgan fingerprint density at radius 1 is 0.722 bits per heavy atom. The van der Waals surface area contributed by atoms with Crippen molar-refractivity contribution < 1.29 is 5.11 Å².